The molecule has 0 unspecified atom stereocenters. The zero-order valence-electron chi connectivity index (χ0n) is 18.4. The SMILES string of the molecule is CN=C(NCc1cccc(COC2CCOCC2)c1)NC1CCN(c2cccs2)CC1. The van der Waals surface area contributed by atoms with Crippen molar-refractivity contribution in [1.29, 1.82) is 0 Å². The van der Waals surface area contributed by atoms with Crippen molar-refractivity contribution in [1.82, 2.24) is 10.6 Å². The molecule has 0 bridgehead atoms. The third kappa shape index (κ3) is 6.69. The summed E-state index contributed by atoms with van der Waals surface area (Å²) in [6, 6.07) is 13.4. The number of benzene rings is 1. The van der Waals surface area contributed by atoms with E-state index in [4.69, 9.17) is 9.47 Å². The number of nitrogens with one attached hydrogen (secondary N) is 2. The maximum Gasteiger partial charge on any atom is 0.191 e. The lowest BCUT2D eigenvalue weighted by Crippen LogP contribution is -2.48. The lowest BCUT2D eigenvalue weighted by atomic mass is 10.1. The van der Waals surface area contributed by atoms with E-state index in [-0.39, 0.29) is 0 Å². The monoisotopic (exact) mass is 442 g/mol. The largest absolute Gasteiger partial charge is 0.381 e. The van der Waals surface area contributed by atoms with Crippen LogP contribution in [0.15, 0.2) is 46.8 Å². The summed E-state index contributed by atoms with van der Waals surface area (Å²) in [5.74, 6) is 0.874. The Kier molecular flexibility index (Phi) is 8.21. The fourth-order valence-corrected chi connectivity index (χ4v) is 4.94. The van der Waals surface area contributed by atoms with Gasteiger partial charge in [0.1, 0.15) is 0 Å². The quantitative estimate of drug-likeness (QED) is 0.505. The smallest absolute Gasteiger partial charge is 0.191 e. The third-order valence-corrected chi connectivity index (χ3v) is 6.91. The van der Waals surface area contributed by atoms with E-state index >= 15 is 0 Å². The van der Waals surface area contributed by atoms with Gasteiger partial charge >= 0.3 is 0 Å². The number of piperidine rings is 1. The highest BCUT2D eigenvalue weighted by Gasteiger charge is 2.20. The molecule has 1 aromatic heterocycles. The molecule has 1 aromatic carbocycles. The van der Waals surface area contributed by atoms with Crippen LogP contribution in [0.2, 0.25) is 0 Å². The number of aliphatic imine (C=N–C) groups is 1. The minimum Gasteiger partial charge on any atom is -0.381 e. The minimum atomic E-state index is 0.324. The first-order chi connectivity index (χ1) is 15.3. The van der Waals surface area contributed by atoms with Gasteiger partial charge in [-0.1, -0.05) is 24.3 Å². The second-order valence-corrected chi connectivity index (χ2v) is 9.15. The molecule has 2 saturated heterocycles. The predicted octanol–water partition coefficient (Wildman–Crippen LogP) is 3.78. The molecule has 168 valence electrons. The molecule has 4 rings (SSSR count). The fraction of sp³-hybridized carbons (Fsp3) is 0.542. The second kappa shape index (κ2) is 11.5. The van der Waals surface area contributed by atoms with Crippen LogP contribution in [0.25, 0.3) is 0 Å². The number of rotatable bonds is 7. The van der Waals surface area contributed by atoms with Gasteiger partial charge in [-0.2, -0.15) is 0 Å². The summed E-state index contributed by atoms with van der Waals surface area (Å²) >= 11 is 1.82. The summed E-state index contributed by atoms with van der Waals surface area (Å²) in [5.41, 5.74) is 2.46. The Morgan fingerprint density at radius 2 is 1.94 bits per heavy atom. The van der Waals surface area contributed by atoms with E-state index in [1.54, 1.807) is 0 Å². The van der Waals surface area contributed by atoms with E-state index in [2.05, 4.69) is 62.3 Å². The number of anilines is 1. The van der Waals surface area contributed by atoms with Crippen molar-refractivity contribution in [3.8, 4) is 0 Å². The lowest BCUT2D eigenvalue weighted by molar-refractivity contribution is -0.0390. The van der Waals surface area contributed by atoms with E-state index in [0.717, 1.165) is 64.5 Å². The number of thiophene rings is 1. The summed E-state index contributed by atoms with van der Waals surface area (Å²) in [7, 11) is 1.84. The molecule has 0 amide bonds. The lowest BCUT2D eigenvalue weighted by Gasteiger charge is -2.33. The zero-order valence-corrected chi connectivity index (χ0v) is 19.2. The highest BCUT2D eigenvalue weighted by Crippen LogP contribution is 2.24. The Morgan fingerprint density at radius 3 is 2.68 bits per heavy atom. The molecule has 6 nitrogen and oxygen atoms in total. The molecule has 2 aromatic rings. The molecule has 7 heteroatoms. The molecule has 31 heavy (non-hydrogen) atoms. The molecule has 2 aliphatic rings. The van der Waals surface area contributed by atoms with Crippen LogP contribution in [0, 0.1) is 0 Å². The van der Waals surface area contributed by atoms with Crippen molar-refractivity contribution in [2.45, 2.75) is 51.0 Å². The normalized spacial score (nSPS) is 18.9. The van der Waals surface area contributed by atoms with Gasteiger partial charge in [-0.3, -0.25) is 4.99 Å². The topological polar surface area (TPSA) is 58.1 Å². The number of nitrogens with zero attached hydrogens (tertiary/aromatic N) is 2. The predicted molar refractivity (Wildman–Crippen MR) is 128 cm³/mol. The highest BCUT2D eigenvalue weighted by molar-refractivity contribution is 7.14. The van der Waals surface area contributed by atoms with Gasteiger partial charge in [0.15, 0.2) is 5.96 Å². The van der Waals surface area contributed by atoms with Crippen LogP contribution in [-0.2, 0) is 22.6 Å². The molecule has 0 saturated carbocycles. The Labute approximate surface area is 189 Å². The van der Waals surface area contributed by atoms with Gasteiger partial charge in [-0.25, -0.2) is 0 Å². The maximum atomic E-state index is 6.07. The third-order valence-electron chi connectivity index (χ3n) is 5.98. The Balaban J connectivity index is 1.20. The Bertz CT molecular complexity index is 813. The van der Waals surface area contributed by atoms with Crippen molar-refractivity contribution in [3.63, 3.8) is 0 Å². The molecule has 2 aliphatic heterocycles. The highest BCUT2D eigenvalue weighted by atomic mass is 32.1. The van der Waals surface area contributed by atoms with Gasteiger partial charge in [-0.15, -0.1) is 11.3 Å². The Morgan fingerprint density at radius 1 is 1.13 bits per heavy atom. The van der Waals surface area contributed by atoms with Crippen molar-refractivity contribution >= 4 is 22.3 Å². The van der Waals surface area contributed by atoms with Crippen LogP contribution in [0.1, 0.15) is 36.8 Å². The Hall–Kier alpha value is -2.09. The van der Waals surface area contributed by atoms with E-state index in [0.29, 0.717) is 18.8 Å². The van der Waals surface area contributed by atoms with Crippen molar-refractivity contribution < 1.29 is 9.47 Å². The summed E-state index contributed by atoms with van der Waals surface area (Å²) < 4.78 is 11.5. The standard InChI is InChI=1S/C24H34N4O2S/c1-25-24(27-21-7-11-28(12-8-21)23-6-3-15-31-23)26-17-19-4-2-5-20(16-19)18-30-22-9-13-29-14-10-22/h2-6,15-16,21-22H,7-14,17-18H2,1H3,(H2,25,26,27). The van der Waals surface area contributed by atoms with E-state index in [1.807, 2.05) is 18.4 Å². The van der Waals surface area contributed by atoms with Crippen LogP contribution in [-0.4, -0.2) is 51.5 Å². The first-order valence-corrected chi connectivity index (χ1v) is 12.2. The zero-order chi connectivity index (χ0) is 21.3. The summed E-state index contributed by atoms with van der Waals surface area (Å²) in [6.45, 7) is 5.21. The van der Waals surface area contributed by atoms with Crippen LogP contribution < -0.4 is 15.5 Å². The van der Waals surface area contributed by atoms with Crippen molar-refractivity contribution in [2.24, 2.45) is 4.99 Å². The summed E-state index contributed by atoms with van der Waals surface area (Å²) in [5, 5.41) is 10.6. The number of hydrogen-bond acceptors (Lipinski definition) is 5. The molecule has 2 N–H and O–H groups in total. The molecule has 0 aliphatic carbocycles. The second-order valence-electron chi connectivity index (χ2n) is 8.23. The molecule has 0 radical (unpaired) electrons. The number of guanidine groups is 1. The van der Waals surface area contributed by atoms with Gasteiger partial charge in [0.2, 0.25) is 0 Å². The van der Waals surface area contributed by atoms with Crippen molar-refractivity contribution in [3.05, 3.63) is 52.9 Å². The van der Waals surface area contributed by atoms with Gasteiger partial charge in [0.25, 0.3) is 0 Å². The minimum absolute atomic E-state index is 0.324. The van der Waals surface area contributed by atoms with E-state index in [9.17, 15) is 0 Å². The van der Waals surface area contributed by atoms with Crippen LogP contribution >= 0.6 is 11.3 Å². The average molecular weight is 443 g/mol. The average Bonchev–Trinajstić information content (AvgIpc) is 3.37. The van der Waals surface area contributed by atoms with Gasteiger partial charge in [-0.05, 0) is 54.3 Å². The van der Waals surface area contributed by atoms with Crippen LogP contribution in [0.4, 0.5) is 5.00 Å². The van der Waals surface area contributed by atoms with Gasteiger partial charge < -0.3 is 25.0 Å². The van der Waals surface area contributed by atoms with Crippen LogP contribution in [0.5, 0.6) is 0 Å². The molecule has 2 fully saturated rings. The van der Waals surface area contributed by atoms with Gasteiger partial charge in [0.05, 0.1) is 17.7 Å². The van der Waals surface area contributed by atoms with E-state index < -0.39 is 0 Å². The molecular weight excluding hydrogens is 408 g/mol. The molecule has 0 atom stereocenters. The number of hydrogen-bond donors (Lipinski definition) is 2. The molecule has 3 heterocycles. The van der Waals surface area contributed by atoms with Gasteiger partial charge in [0, 0.05) is 45.9 Å². The molecular formula is C24H34N4O2S. The first-order valence-electron chi connectivity index (χ1n) is 11.3. The first kappa shape index (κ1) is 22.1. The van der Waals surface area contributed by atoms with Crippen molar-refractivity contribution in [2.75, 3.05) is 38.3 Å². The summed E-state index contributed by atoms with van der Waals surface area (Å²) in [4.78, 5) is 6.91. The maximum absolute atomic E-state index is 6.07. The number of ether oxygens (including phenoxy) is 2. The van der Waals surface area contributed by atoms with Crippen LogP contribution in [0.3, 0.4) is 0 Å². The fourth-order valence-electron chi connectivity index (χ4n) is 4.15. The molecule has 0 spiro atoms. The summed E-state index contributed by atoms with van der Waals surface area (Å²) in [6.07, 6.45) is 4.56. The van der Waals surface area contributed by atoms with E-state index in [1.165, 1.54) is 16.1 Å².